The first-order valence-electron chi connectivity index (χ1n) is 12.7. The number of anilines is 1. The standard InChI is InChI=1S/C25H36N4O3/c30-23(18-7-3-1-4-8-18)27-21-11-12-22-19-13-17(15-29(22)24(21)31)14-28(16-19)25(32)26-20-9-5-2-6-10-20/h11-12,17-20H,1-10,13-16H2,(H,26,32)(H,27,30). The summed E-state index contributed by atoms with van der Waals surface area (Å²) in [7, 11) is 0. The Morgan fingerprint density at radius 2 is 1.59 bits per heavy atom. The highest BCUT2D eigenvalue weighted by atomic mass is 16.2. The van der Waals surface area contributed by atoms with Crippen LogP contribution in [-0.4, -0.2) is 40.5 Å². The summed E-state index contributed by atoms with van der Waals surface area (Å²) in [5.74, 6) is 0.472. The summed E-state index contributed by atoms with van der Waals surface area (Å²) in [6.45, 7) is 1.97. The number of aromatic nitrogens is 1. The fraction of sp³-hybridized carbons (Fsp3) is 0.720. The number of fused-ring (bicyclic) bond motifs is 4. The zero-order valence-corrected chi connectivity index (χ0v) is 19.0. The first-order chi connectivity index (χ1) is 15.6. The lowest BCUT2D eigenvalue weighted by molar-refractivity contribution is -0.120. The second-order valence-corrected chi connectivity index (χ2v) is 10.4. The molecular weight excluding hydrogens is 404 g/mol. The summed E-state index contributed by atoms with van der Waals surface area (Å²) in [5, 5.41) is 6.17. The molecule has 5 rings (SSSR count). The molecule has 3 fully saturated rings. The summed E-state index contributed by atoms with van der Waals surface area (Å²) in [6, 6.07) is 4.12. The predicted octanol–water partition coefficient (Wildman–Crippen LogP) is 3.83. The van der Waals surface area contributed by atoms with E-state index in [1.807, 2.05) is 15.5 Å². The van der Waals surface area contributed by atoms with Crippen molar-refractivity contribution in [1.29, 1.82) is 0 Å². The molecule has 2 unspecified atom stereocenters. The number of nitrogens with zero attached hydrogens (tertiary/aromatic N) is 2. The van der Waals surface area contributed by atoms with Gasteiger partial charge in [0.1, 0.15) is 5.69 Å². The monoisotopic (exact) mass is 440 g/mol. The van der Waals surface area contributed by atoms with Gasteiger partial charge in [-0.05, 0) is 50.2 Å². The Kier molecular flexibility index (Phi) is 6.24. The first kappa shape index (κ1) is 21.5. The fourth-order valence-electron chi connectivity index (χ4n) is 6.32. The van der Waals surface area contributed by atoms with Crippen molar-refractivity contribution in [2.45, 2.75) is 89.1 Å². The van der Waals surface area contributed by atoms with Crippen molar-refractivity contribution in [3.05, 3.63) is 28.2 Å². The smallest absolute Gasteiger partial charge is 0.317 e. The maximum atomic E-state index is 13.2. The van der Waals surface area contributed by atoms with Gasteiger partial charge in [0.05, 0.1) is 0 Å². The zero-order chi connectivity index (χ0) is 22.1. The van der Waals surface area contributed by atoms with Gasteiger partial charge in [-0.15, -0.1) is 0 Å². The summed E-state index contributed by atoms with van der Waals surface area (Å²) in [4.78, 5) is 40.7. The molecule has 2 aliphatic carbocycles. The molecular formula is C25H36N4O3. The highest BCUT2D eigenvalue weighted by Gasteiger charge is 2.37. The van der Waals surface area contributed by atoms with Gasteiger partial charge in [-0.1, -0.05) is 38.5 Å². The van der Waals surface area contributed by atoms with Crippen LogP contribution in [0.3, 0.4) is 0 Å². The molecule has 2 atom stereocenters. The number of hydrogen-bond donors (Lipinski definition) is 2. The van der Waals surface area contributed by atoms with Gasteiger partial charge in [-0.25, -0.2) is 4.79 Å². The second-order valence-electron chi connectivity index (χ2n) is 10.4. The third kappa shape index (κ3) is 4.44. The summed E-state index contributed by atoms with van der Waals surface area (Å²) < 4.78 is 1.85. The molecule has 2 N–H and O–H groups in total. The molecule has 174 valence electrons. The van der Waals surface area contributed by atoms with Crippen molar-refractivity contribution in [2.75, 3.05) is 18.4 Å². The van der Waals surface area contributed by atoms with E-state index in [0.29, 0.717) is 31.4 Å². The van der Waals surface area contributed by atoms with Crippen LogP contribution in [-0.2, 0) is 11.3 Å². The quantitative estimate of drug-likeness (QED) is 0.749. The summed E-state index contributed by atoms with van der Waals surface area (Å²) >= 11 is 0. The van der Waals surface area contributed by atoms with Crippen molar-refractivity contribution in [1.82, 2.24) is 14.8 Å². The number of hydrogen-bond acceptors (Lipinski definition) is 3. The van der Waals surface area contributed by atoms with E-state index in [0.717, 1.165) is 50.6 Å². The normalized spacial score (nSPS) is 26.3. The summed E-state index contributed by atoms with van der Waals surface area (Å²) in [6.07, 6.45) is 12.1. The average molecular weight is 441 g/mol. The zero-order valence-electron chi connectivity index (χ0n) is 19.0. The van der Waals surface area contributed by atoms with Gasteiger partial charge in [0.25, 0.3) is 5.56 Å². The number of urea groups is 1. The van der Waals surface area contributed by atoms with Gasteiger partial charge in [0.15, 0.2) is 0 Å². The first-order valence-corrected chi connectivity index (χ1v) is 12.7. The van der Waals surface area contributed by atoms with E-state index < -0.39 is 0 Å². The maximum absolute atomic E-state index is 13.2. The Morgan fingerprint density at radius 3 is 2.34 bits per heavy atom. The minimum atomic E-state index is -0.0959. The van der Waals surface area contributed by atoms with Crippen LogP contribution in [0.5, 0.6) is 0 Å². The van der Waals surface area contributed by atoms with Gasteiger partial charge in [0.2, 0.25) is 5.91 Å². The number of pyridine rings is 1. The molecule has 0 radical (unpaired) electrons. The van der Waals surface area contributed by atoms with E-state index in [2.05, 4.69) is 10.6 Å². The molecule has 0 aromatic carbocycles. The Labute approximate surface area is 189 Å². The molecule has 1 aromatic heterocycles. The van der Waals surface area contributed by atoms with Crippen LogP contribution in [0.1, 0.15) is 82.2 Å². The fourth-order valence-corrected chi connectivity index (χ4v) is 6.32. The number of carbonyl (C=O) groups excluding carboxylic acids is 2. The Balaban J connectivity index is 1.27. The van der Waals surface area contributed by atoms with Crippen LogP contribution in [0, 0.1) is 11.8 Å². The molecule has 3 amide bonds. The highest BCUT2D eigenvalue weighted by molar-refractivity contribution is 5.92. The van der Waals surface area contributed by atoms with Gasteiger partial charge < -0.3 is 20.1 Å². The highest BCUT2D eigenvalue weighted by Crippen LogP contribution is 2.35. The Hall–Kier alpha value is -2.31. The molecule has 4 aliphatic rings. The van der Waals surface area contributed by atoms with Crippen molar-refractivity contribution < 1.29 is 9.59 Å². The second kappa shape index (κ2) is 9.28. The molecule has 2 saturated carbocycles. The lowest BCUT2D eigenvalue weighted by Crippen LogP contribution is -2.53. The SMILES string of the molecule is O=C(Nc1ccc2n(c1=O)CC1CC2CN(C(=O)NC2CCCCC2)C1)C1CCCCC1. The van der Waals surface area contributed by atoms with Crippen molar-refractivity contribution in [3.63, 3.8) is 0 Å². The van der Waals surface area contributed by atoms with E-state index in [4.69, 9.17) is 0 Å². The van der Waals surface area contributed by atoms with Crippen molar-refractivity contribution in [3.8, 4) is 0 Å². The van der Waals surface area contributed by atoms with Crippen LogP contribution in [0.25, 0.3) is 0 Å². The minimum Gasteiger partial charge on any atom is -0.335 e. The third-order valence-corrected chi connectivity index (χ3v) is 8.06. The predicted molar refractivity (Wildman–Crippen MR) is 124 cm³/mol. The number of carbonyl (C=O) groups is 2. The Morgan fingerprint density at radius 1 is 0.875 bits per heavy atom. The molecule has 2 bridgehead atoms. The van der Waals surface area contributed by atoms with Crippen LogP contribution >= 0.6 is 0 Å². The van der Waals surface area contributed by atoms with Crippen LogP contribution < -0.4 is 16.2 Å². The number of likely N-dealkylation sites (tertiary alicyclic amines) is 1. The van der Waals surface area contributed by atoms with Crippen molar-refractivity contribution in [2.24, 2.45) is 11.8 Å². The number of piperidine rings is 1. The number of amides is 3. The lowest BCUT2D eigenvalue weighted by Gasteiger charge is -2.43. The molecule has 0 spiro atoms. The lowest BCUT2D eigenvalue weighted by atomic mass is 9.83. The largest absolute Gasteiger partial charge is 0.335 e. The molecule has 3 heterocycles. The number of nitrogens with one attached hydrogen (secondary N) is 2. The molecule has 32 heavy (non-hydrogen) atoms. The van der Waals surface area contributed by atoms with E-state index in [-0.39, 0.29) is 35.3 Å². The molecule has 7 heteroatoms. The number of rotatable bonds is 3. The van der Waals surface area contributed by atoms with Gasteiger partial charge in [0, 0.05) is 43.2 Å². The van der Waals surface area contributed by atoms with Crippen LogP contribution in [0.2, 0.25) is 0 Å². The van der Waals surface area contributed by atoms with E-state index in [9.17, 15) is 14.4 Å². The van der Waals surface area contributed by atoms with Crippen LogP contribution in [0.15, 0.2) is 16.9 Å². The van der Waals surface area contributed by atoms with Gasteiger partial charge in [-0.2, -0.15) is 0 Å². The third-order valence-electron chi connectivity index (χ3n) is 8.06. The van der Waals surface area contributed by atoms with Gasteiger partial charge >= 0.3 is 6.03 Å². The molecule has 1 aromatic rings. The molecule has 1 saturated heterocycles. The van der Waals surface area contributed by atoms with Crippen LogP contribution in [0.4, 0.5) is 10.5 Å². The van der Waals surface area contributed by atoms with E-state index >= 15 is 0 Å². The van der Waals surface area contributed by atoms with E-state index in [1.54, 1.807) is 6.07 Å². The maximum Gasteiger partial charge on any atom is 0.317 e. The summed E-state index contributed by atoms with van der Waals surface area (Å²) in [5.41, 5.74) is 1.30. The topological polar surface area (TPSA) is 83.4 Å². The minimum absolute atomic E-state index is 0.0103. The molecule has 7 nitrogen and oxygen atoms in total. The molecule has 2 aliphatic heterocycles. The van der Waals surface area contributed by atoms with E-state index in [1.165, 1.54) is 25.7 Å². The van der Waals surface area contributed by atoms with Crippen molar-refractivity contribution >= 4 is 17.6 Å². The Bertz CT molecular complexity index is 914. The average Bonchev–Trinajstić information content (AvgIpc) is 2.82. The van der Waals surface area contributed by atoms with Gasteiger partial charge in [-0.3, -0.25) is 9.59 Å².